The van der Waals surface area contributed by atoms with Gasteiger partial charge in [0.2, 0.25) is 5.91 Å². The third-order valence-electron chi connectivity index (χ3n) is 5.36. The second kappa shape index (κ2) is 9.16. The van der Waals surface area contributed by atoms with E-state index in [1.54, 1.807) is 32.6 Å². The van der Waals surface area contributed by atoms with E-state index < -0.39 is 26.3 Å². The predicted molar refractivity (Wildman–Crippen MR) is 109 cm³/mol. The molecule has 1 amide bonds. The molecule has 9 heteroatoms. The Morgan fingerprint density at radius 1 is 1.17 bits per heavy atom. The van der Waals surface area contributed by atoms with Crippen LogP contribution in [0, 0.1) is 5.92 Å². The molecule has 30 heavy (non-hydrogen) atoms. The molecule has 170 valence electrons. The van der Waals surface area contributed by atoms with Gasteiger partial charge in [-0.25, -0.2) is 8.42 Å². The quantitative estimate of drug-likeness (QED) is 0.656. The smallest absolute Gasteiger partial charge is 0.419 e. The molecule has 0 unspecified atom stereocenters. The fraction of sp³-hybridized carbons (Fsp3) is 0.667. The Hall–Kier alpha value is -1.77. The third kappa shape index (κ3) is 6.12. The summed E-state index contributed by atoms with van der Waals surface area (Å²) in [6.45, 7) is 7.63. The summed E-state index contributed by atoms with van der Waals surface area (Å²) in [5.41, 5.74) is -0.407. The van der Waals surface area contributed by atoms with Gasteiger partial charge in [0.1, 0.15) is 5.75 Å². The lowest BCUT2D eigenvalue weighted by molar-refractivity contribution is -0.138. The number of hydrogen-bond donors (Lipinski definition) is 0. The van der Waals surface area contributed by atoms with Crippen LogP contribution in [0.1, 0.15) is 51.7 Å². The number of alkyl halides is 3. The van der Waals surface area contributed by atoms with E-state index >= 15 is 0 Å². The van der Waals surface area contributed by atoms with Crippen LogP contribution in [0.2, 0.25) is 0 Å². The van der Waals surface area contributed by atoms with Crippen LogP contribution in [0.15, 0.2) is 18.2 Å². The van der Waals surface area contributed by atoms with Crippen molar-refractivity contribution in [3.8, 4) is 5.75 Å². The van der Waals surface area contributed by atoms with Crippen LogP contribution in [0.5, 0.6) is 5.75 Å². The summed E-state index contributed by atoms with van der Waals surface area (Å²) in [7, 11) is -3.22. The first-order chi connectivity index (χ1) is 13.7. The molecule has 5 nitrogen and oxygen atoms in total. The van der Waals surface area contributed by atoms with Gasteiger partial charge < -0.3 is 9.64 Å². The topological polar surface area (TPSA) is 63.7 Å². The van der Waals surface area contributed by atoms with Gasteiger partial charge in [0.25, 0.3) is 0 Å². The van der Waals surface area contributed by atoms with E-state index in [0.717, 1.165) is 6.07 Å². The molecule has 1 aliphatic heterocycles. The zero-order valence-corrected chi connectivity index (χ0v) is 18.7. The van der Waals surface area contributed by atoms with Gasteiger partial charge in [0.05, 0.1) is 29.1 Å². The summed E-state index contributed by atoms with van der Waals surface area (Å²) in [5.74, 6) is -0.348. The van der Waals surface area contributed by atoms with Crippen molar-refractivity contribution in [3.63, 3.8) is 0 Å². The number of nitrogens with zero attached hydrogens (tertiary/aromatic N) is 1. The number of halogens is 3. The Kier molecular flexibility index (Phi) is 7.48. The van der Waals surface area contributed by atoms with Crippen molar-refractivity contribution < 1.29 is 31.1 Å². The van der Waals surface area contributed by atoms with Crippen LogP contribution in [0.4, 0.5) is 13.2 Å². The van der Waals surface area contributed by atoms with Gasteiger partial charge in [-0.15, -0.1) is 0 Å². The second-order valence-corrected chi connectivity index (χ2v) is 11.4. The van der Waals surface area contributed by atoms with Gasteiger partial charge in [-0.1, -0.05) is 6.07 Å². The summed E-state index contributed by atoms with van der Waals surface area (Å²) >= 11 is 0. The number of likely N-dealkylation sites (tertiary alicyclic amines) is 1. The van der Waals surface area contributed by atoms with Gasteiger partial charge in [-0.2, -0.15) is 13.2 Å². The van der Waals surface area contributed by atoms with Gasteiger partial charge in [0, 0.05) is 13.1 Å². The molecule has 0 saturated carbocycles. The van der Waals surface area contributed by atoms with Crippen LogP contribution < -0.4 is 4.74 Å². The average molecular weight is 450 g/mol. The molecule has 0 spiro atoms. The van der Waals surface area contributed by atoms with E-state index in [1.807, 2.05) is 0 Å². The number of sulfone groups is 1. The monoisotopic (exact) mass is 449 g/mol. The summed E-state index contributed by atoms with van der Waals surface area (Å²) in [6, 6.07) is 3.51. The number of carbonyl (C=O) groups excluding carboxylic acids is 1. The van der Waals surface area contributed by atoms with Gasteiger partial charge in [0.15, 0.2) is 9.84 Å². The fourth-order valence-corrected chi connectivity index (χ4v) is 4.84. The minimum atomic E-state index is -4.53. The van der Waals surface area contributed by atoms with Crippen LogP contribution in [0.3, 0.4) is 0 Å². The third-order valence-corrected chi connectivity index (χ3v) is 8.14. The van der Waals surface area contributed by atoms with Gasteiger partial charge in [-0.3, -0.25) is 4.79 Å². The van der Waals surface area contributed by atoms with Gasteiger partial charge >= 0.3 is 6.18 Å². The highest BCUT2D eigenvalue weighted by Gasteiger charge is 2.35. The summed E-state index contributed by atoms with van der Waals surface area (Å²) in [4.78, 5) is 14.3. The molecule has 2 rings (SSSR count). The zero-order chi connectivity index (χ0) is 22.7. The molecule has 1 aromatic carbocycles. The molecule has 0 bridgehead atoms. The van der Waals surface area contributed by atoms with Crippen molar-refractivity contribution in [1.29, 1.82) is 0 Å². The van der Waals surface area contributed by atoms with Crippen molar-refractivity contribution in [3.05, 3.63) is 29.3 Å². The largest absolute Gasteiger partial charge is 0.493 e. The van der Waals surface area contributed by atoms with Crippen molar-refractivity contribution in [2.45, 2.75) is 57.9 Å². The van der Waals surface area contributed by atoms with E-state index in [0.29, 0.717) is 31.5 Å². The number of ether oxygens (including phenoxy) is 1. The van der Waals surface area contributed by atoms with Crippen molar-refractivity contribution in [2.24, 2.45) is 5.92 Å². The van der Waals surface area contributed by atoms with Crippen molar-refractivity contribution in [2.75, 3.05) is 25.4 Å². The van der Waals surface area contributed by atoms with E-state index in [4.69, 9.17) is 4.74 Å². The highest BCUT2D eigenvalue weighted by molar-refractivity contribution is 7.92. The summed E-state index contributed by atoms with van der Waals surface area (Å²) in [5, 5.41) is 0. The van der Waals surface area contributed by atoms with Crippen LogP contribution in [-0.2, 0) is 27.2 Å². The van der Waals surface area contributed by atoms with E-state index in [9.17, 15) is 26.4 Å². The molecule has 0 atom stereocenters. The Bertz CT molecular complexity index is 852. The molecule has 1 fully saturated rings. The molecule has 1 aliphatic rings. The van der Waals surface area contributed by atoms with Crippen LogP contribution in [0.25, 0.3) is 0 Å². The Labute approximate surface area is 176 Å². The average Bonchev–Trinajstić information content (AvgIpc) is 2.60. The molecule has 1 aromatic rings. The normalized spacial score (nSPS) is 16.6. The maximum Gasteiger partial charge on any atom is 0.419 e. The molecule has 1 saturated heterocycles. The Morgan fingerprint density at radius 2 is 1.77 bits per heavy atom. The van der Waals surface area contributed by atoms with Crippen molar-refractivity contribution >= 4 is 15.7 Å². The number of hydrogen-bond acceptors (Lipinski definition) is 4. The first kappa shape index (κ1) is 24.5. The van der Waals surface area contributed by atoms with Gasteiger partial charge in [-0.05, 0) is 64.2 Å². The van der Waals surface area contributed by atoms with E-state index in [2.05, 4.69) is 0 Å². The summed E-state index contributed by atoms with van der Waals surface area (Å²) < 4.78 is 68.3. The lowest BCUT2D eigenvalue weighted by atomic mass is 9.98. The number of piperidine rings is 1. The lowest BCUT2D eigenvalue weighted by Gasteiger charge is -2.33. The lowest BCUT2D eigenvalue weighted by Crippen LogP contribution is -2.42. The standard InChI is InChI=1S/C21H30F3NO4S/c1-5-29-18-12-16(6-7-17(18)21(22,23)24)13-19(26)25-10-8-15(9-11-25)14-30(27,28)20(2,3)4/h6-7,12,15H,5,8-11,13-14H2,1-4H3. The molecule has 1 heterocycles. The molecule has 0 aliphatic carbocycles. The second-order valence-electron chi connectivity index (χ2n) is 8.66. The summed E-state index contributed by atoms with van der Waals surface area (Å²) in [6.07, 6.45) is -3.36. The molecule has 0 radical (unpaired) electrons. The molecular formula is C21H30F3NO4S. The Balaban J connectivity index is 1.99. The zero-order valence-electron chi connectivity index (χ0n) is 17.9. The molecule has 0 aromatic heterocycles. The number of rotatable bonds is 6. The van der Waals surface area contributed by atoms with Crippen molar-refractivity contribution in [1.82, 2.24) is 4.90 Å². The molecule has 0 N–H and O–H groups in total. The highest BCUT2D eigenvalue weighted by atomic mass is 32.2. The van der Waals surface area contributed by atoms with Crippen LogP contribution in [-0.4, -0.2) is 49.4 Å². The van der Waals surface area contributed by atoms with E-state index in [1.165, 1.54) is 12.1 Å². The predicted octanol–water partition coefficient (Wildman–Crippen LogP) is 4.10. The SMILES string of the molecule is CCOc1cc(CC(=O)N2CCC(CS(=O)(=O)C(C)(C)C)CC2)ccc1C(F)(F)F. The minimum Gasteiger partial charge on any atom is -0.493 e. The number of benzene rings is 1. The maximum absolute atomic E-state index is 13.1. The number of amides is 1. The van der Waals surface area contributed by atoms with Crippen LogP contribution >= 0.6 is 0 Å². The first-order valence-electron chi connectivity index (χ1n) is 10.1. The Morgan fingerprint density at radius 3 is 2.27 bits per heavy atom. The first-order valence-corrected chi connectivity index (χ1v) is 11.7. The maximum atomic E-state index is 13.1. The highest BCUT2D eigenvalue weighted by Crippen LogP contribution is 2.37. The fourth-order valence-electron chi connectivity index (χ4n) is 3.38. The molecular weight excluding hydrogens is 419 g/mol. The van der Waals surface area contributed by atoms with E-state index in [-0.39, 0.29) is 36.4 Å². The number of carbonyl (C=O) groups is 1. The minimum absolute atomic E-state index is 0.00824.